The van der Waals surface area contributed by atoms with Crippen LogP contribution in [0, 0.1) is 0 Å². The van der Waals surface area contributed by atoms with Gasteiger partial charge in [0.15, 0.2) is 5.69 Å². The van der Waals surface area contributed by atoms with E-state index in [2.05, 4.69) is 27.5 Å². The maximum absolute atomic E-state index is 12.7. The summed E-state index contributed by atoms with van der Waals surface area (Å²) in [7, 11) is 0. The van der Waals surface area contributed by atoms with Crippen molar-refractivity contribution in [1.82, 2.24) is 9.97 Å². The Labute approximate surface area is 110 Å². The average Bonchev–Trinajstić information content (AvgIpc) is 2.34. The number of alkyl halides is 3. The molecule has 0 unspecified atom stereocenters. The summed E-state index contributed by atoms with van der Waals surface area (Å²) in [5.41, 5.74) is -0.934. The van der Waals surface area contributed by atoms with Gasteiger partial charge in [0, 0.05) is 19.2 Å². The molecular weight excluding hydrogens is 257 g/mol. The van der Waals surface area contributed by atoms with Gasteiger partial charge in [0.05, 0.1) is 0 Å². The van der Waals surface area contributed by atoms with E-state index < -0.39 is 11.9 Å². The standard InChI is InChI=1S/C12H19F3N4/c1-3-5-6-7-17-10-8-9(12(13,14)15)18-11(19-10)16-4-2/h8H,3-7H2,1-2H3,(H2,16,17,18,19). The minimum absolute atomic E-state index is 0.00434. The van der Waals surface area contributed by atoms with Gasteiger partial charge < -0.3 is 10.6 Å². The number of unbranched alkanes of at least 4 members (excludes halogenated alkanes) is 2. The van der Waals surface area contributed by atoms with Crippen molar-refractivity contribution in [1.29, 1.82) is 0 Å². The highest BCUT2D eigenvalue weighted by molar-refractivity contribution is 5.43. The lowest BCUT2D eigenvalue weighted by Gasteiger charge is -2.12. The van der Waals surface area contributed by atoms with Gasteiger partial charge in [-0.05, 0) is 13.3 Å². The molecule has 1 heterocycles. The molecule has 1 rings (SSSR count). The molecular formula is C12H19F3N4. The van der Waals surface area contributed by atoms with Crippen LogP contribution in [0.5, 0.6) is 0 Å². The lowest BCUT2D eigenvalue weighted by atomic mass is 10.2. The molecule has 0 aliphatic heterocycles. The second-order valence-electron chi connectivity index (χ2n) is 4.12. The lowest BCUT2D eigenvalue weighted by molar-refractivity contribution is -0.141. The van der Waals surface area contributed by atoms with Gasteiger partial charge in [0.2, 0.25) is 5.95 Å². The van der Waals surface area contributed by atoms with Crippen molar-refractivity contribution >= 4 is 11.8 Å². The maximum atomic E-state index is 12.7. The second-order valence-corrected chi connectivity index (χ2v) is 4.12. The molecule has 0 bridgehead atoms. The van der Waals surface area contributed by atoms with E-state index in [0.717, 1.165) is 25.3 Å². The number of halogens is 3. The summed E-state index contributed by atoms with van der Waals surface area (Å²) < 4.78 is 38.1. The fraction of sp³-hybridized carbons (Fsp3) is 0.667. The molecule has 0 aliphatic carbocycles. The Balaban J connectivity index is 2.81. The van der Waals surface area contributed by atoms with E-state index in [1.807, 2.05) is 0 Å². The van der Waals surface area contributed by atoms with Crippen molar-refractivity contribution in [3.8, 4) is 0 Å². The summed E-state index contributed by atoms with van der Waals surface area (Å²) in [4.78, 5) is 7.45. The highest BCUT2D eigenvalue weighted by Crippen LogP contribution is 2.29. The Morgan fingerprint density at radius 3 is 2.42 bits per heavy atom. The van der Waals surface area contributed by atoms with Crippen molar-refractivity contribution in [2.45, 2.75) is 39.3 Å². The fourth-order valence-electron chi connectivity index (χ4n) is 1.51. The third-order valence-electron chi connectivity index (χ3n) is 2.44. The minimum atomic E-state index is -4.47. The SMILES string of the molecule is CCCCCNc1cc(C(F)(F)F)nc(NCC)n1. The number of hydrogen-bond donors (Lipinski definition) is 2. The molecule has 2 N–H and O–H groups in total. The monoisotopic (exact) mass is 276 g/mol. The first-order valence-electron chi connectivity index (χ1n) is 6.41. The Hall–Kier alpha value is -1.53. The number of nitrogens with one attached hydrogen (secondary N) is 2. The van der Waals surface area contributed by atoms with E-state index in [0.29, 0.717) is 13.1 Å². The predicted molar refractivity (Wildman–Crippen MR) is 69.2 cm³/mol. The molecule has 0 aliphatic rings. The zero-order valence-corrected chi connectivity index (χ0v) is 11.1. The number of rotatable bonds is 7. The highest BCUT2D eigenvalue weighted by Gasteiger charge is 2.33. The van der Waals surface area contributed by atoms with Gasteiger partial charge in [0.25, 0.3) is 0 Å². The van der Waals surface area contributed by atoms with E-state index in [1.165, 1.54) is 0 Å². The summed E-state index contributed by atoms with van der Waals surface area (Å²) in [5, 5.41) is 5.60. The lowest BCUT2D eigenvalue weighted by Crippen LogP contribution is -2.14. The first-order valence-corrected chi connectivity index (χ1v) is 6.41. The summed E-state index contributed by atoms with van der Waals surface area (Å²) in [6, 6.07) is 0.937. The van der Waals surface area contributed by atoms with Gasteiger partial charge in [-0.1, -0.05) is 19.8 Å². The fourth-order valence-corrected chi connectivity index (χ4v) is 1.51. The number of aromatic nitrogens is 2. The molecule has 4 nitrogen and oxygen atoms in total. The van der Waals surface area contributed by atoms with Crippen LogP contribution < -0.4 is 10.6 Å². The molecule has 0 radical (unpaired) electrons. The van der Waals surface area contributed by atoms with Gasteiger partial charge in [-0.25, -0.2) is 4.98 Å². The number of hydrogen-bond acceptors (Lipinski definition) is 4. The van der Waals surface area contributed by atoms with Crippen LogP contribution in [-0.4, -0.2) is 23.1 Å². The predicted octanol–water partition coefficient (Wildman–Crippen LogP) is 3.53. The maximum Gasteiger partial charge on any atom is 0.433 e. The minimum Gasteiger partial charge on any atom is -0.370 e. The van der Waals surface area contributed by atoms with Crippen LogP contribution in [0.15, 0.2) is 6.07 Å². The summed E-state index contributed by atoms with van der Waals surface area (Å²) in [6.07, 6.45) is -1.47. The van der Waals surface area contributed by atoms with Crippen LogP contribution in [0.1, 0.15) is 38.8 Å². The molecule has 1 aromatic rings. The Kier molecular flexibility index (Phi) is 5.85. The molecule has 0 amide bonds. The van der Waals surface area contributed by atoms with Crippen molar-refractivity contribution in [2.75, 3.05) is 23.7 Å². The van der Waals surface area contributed by atoms with E-state index >= 15 is 0 Å². The highest BCUT2D eigenvalue weighted by atomic mass is 19.4. The van der Waals surface area contributed by atoms with Crippen molar-refractivity contribution < 1.29 is 13.2 Å². The molecule has 0 aromatic carbocycles. The van der Waals surface area contributed by atoms with Crippen LogP contribution >= 0.6 is 0 Å². The van der Waals surface area contributed by atoms with Gasteiger partial charge in [0.1, 0.15) is 5.82 Å². The quantitative estimate of drug-likeness (QED) is 0.748. The van der Waals surface area contributed by atoms with Crippen molar-refractivity contribution in [3.05, 3.63) is 11.8 Å². The number of anilines is 2. The smallest absolute Gasteiger partial charge is 0.370 e. The third kappa shape index (κ3) is 5.32. The summed E-state index contributed by atoms with van der Waals surface area (Å²) >= 11 is 0. The van der Waals surface area contributed by atoms with Crippen molar-refractivity contribution in [2.24, 2.45) is 0 Å². The van der Waals surface area contributed by atoms with Gasteiger partial charge in [-0.15, -0.1) is 0 Å². The topological polar surface area (TPSA) is 49.8 Å². The number of nitrogens with zero attached hydrogens (tertiary/aromatic N) is 2. The molecule has 0 saturated carbocycles. The van der Waals surface area contributed by atoms with Crippen LogP contribution in [0.4, 0.5) is 24.9 Å². The van der Waals surface area contributed by atoms with Crippen LogP contribution in [0.3, 0.4) is 0 Å². The first kappa shape index (κ1) is 15.5. The van der Waals surface area contributed by atoms with Gasteiger partial charge >= 0.3 is 6.18 Å². The molecule has 7 heteroatoms. The first-order chi connectivity index (χ1) is 8.97. The summed E-state index contributed by atoms with van der Waals surface area (Å²) in [5.74, 6) is 0.199. The molecule has 1 aromatic heterocycles. The van der Waals surface area contributed by atoms with E-state index in [1.54, 1.807) is 6.92 Å². The van der Waals surface area contributed by atoms with E-state index in [4.69, 9.17) is 0 Å². The van der Waals surface area contributed by atoms with E-state index in [9.17, 15) is 13.2 Å². The zero-order valence-electron chi connectivity index (χ0n) is 11.1. The van der Waals surface area contributed by atoms with E-state index in [-0.39, 0.29) is 11.8 Å². The molecule has 108 valence electrons. The molecule has 0 fully saturated rings. The Bertz CT molecular complexity index is 393. The zero-order chi connectivity index (χ0) is 14.3. The Morgan fingerprint density at radius 1 is 1.11 bits per heavy atom. The molecule has 0 saturated heterocycles. The van der Waals surface area contributed by atoms with Crippen LogP contribution in [0.2, 0.25) is 0 Å². The Morgan fingerprint density at radius 2 is 1.84 bits per heavy atom. The van der Waals surface area contributed by atoms with Gasteiger partial charge in [-0.3, -0.25) is 0 Å². The largest absolute Gasteiger partial charge is 0.433 e. The molecule has 0 atom stereocenters. The normalized spacial score (nSPS) is 11.4. The van der Waals surface area contributed by atoms with Gasteiger partial charge in [-0.2, -0.15) is 18.2 Å². The van der Waals surface area contributed by atoms with Crippen LogP contribution in [-0.2, 0) is 6.18 Å². The van der Waals surface area contributed by atoms with Crippen LogP contribution in [0.25, 0.3) is 0 Å². The van der Waals surface area contributed by atoms with Crippen molar-refractivity contribution in [3.63, 3.8) is 0 Å². The summed E-state index contributed by atoms with van der Waals surface area (Å²) in [6.45, 7) is 4.91. The molecule has 19 heavy (non-hydrogen) atoms. The molecule has 0 spiro atoms. The second kappa shape index (κ2) is 7.16. The third-order valence-corrected chi connectivity index (χ3v) is 2.44. The average molecular weight is 276 g/mol.